The number of ether oxygens (including phenoxy) is 1. The molecule has 4 heteroatoms. The van der Waals surface area contributed by atoms with Crippen LogP contribution in [0.25, 0.3) is 0 Å². The number of hydrogen-bond acceptors (Lipinski definition) is 3. The van der Waals surface area contributed by atoms with Crippen molar-refractivity contribution in [3.63, 3.8) is 0 Å². The van der Waals surface area contributed by atoms with Crippen molar-refractivity contribution in [3.05, 3.63) is 0 Å². The second kappa shape index (κ2) is 5.64. The maximum absolute atomic E-state index is 12.3. The van der Waals surface area contributed by atoms with Crippen LogP contribution in [0, 0.1) is 0 Å². The first kappa shape index (κ1) is 11.9. The molecule has 0 aromatic rings. The maximum Gasteiger partial charge on any atom is 0.240 e. The molecule has 16 heavy (non-hydrogen) atoms. The monoisotopic (exact) mass is 226 g/mol. The van der Waals surface area contributed by atoms with Gasteiger partial charge in [0.1, 0.15) is 0 Å². The van der Waals surface area contributed by atoms with Crippen molar-refractivity contribution in [2.45, 2.75) is 44.2 Å². The minimum atomic E-state index is 0.0613. The quantitative estimate of drug-likeness (QED) is 0.772. The molecular weight excluding hydrogens is 204 g/mol. The van der Waals surface area contributed by atoms with E-state index < -0.39 is 0 Å². The Bertz CT molecular complexity index is 239. The van der Waals surface area contributed by atoms with E-state index in [-0.39, 0.29) is 6.04 Å². The largest absolute Gasteiger partial charge is 0.383 e. The molecule has 0 spiro atoms. The fourth-order valence-electron chi connectivity index (χ4n) is 2.75. The molecule has 0 bridgehead atoms. The number of hydrogen-bond donors (Lipinski definition) is 1. The van der Waals surface area contributed by atoms with Gasteiger partial charge in [-0.2, -0.15) is 0 Å². The van der Waals surface area contributed by atoms with Crippen molar-refractivity contribution in [1.29, 1.82) is 0 Å². The van der Waals surface area contributed by atoms with Crippen molar-refractivity contribution >= 4 is 5.91 Å². The summed E-state index contributed by atoms with van der Waals surface area (Å²) >= 11 is 0. The first-order valence-corrected chi connectivity index (χ1v) is 6.35. The van der Waals surface area contributed by atoms with E-state index in [4.69, 9.17) is 4.74 Å². The third-order valence-electron chi connectivity index (χ3n) is 3.63. The van der Waals surface area contributed by atoms with E-state index in [0.29, 0.717) is 18.6 Å². The highest BCUT2D eigenvalue weighted by atomic mass is 16.5. The van der Waals surface area contributed by atoms with Gasteiger partial charge in [0.25, 0.3) is 0 Å². The summed E-state index contributed by atoms with van der Waals surface area (Å²) in [4.78, 5) is 14.3. The number of nitrogens with zero attached hydrogens (tertiary/aromatic N) is 1. The summed E-state index contributed by atoms with van der Waals surface area (Å²) in [6.07, 6.45) is 5.57. The average molecular weight is 226 g/mol. The molecule has 0 saturated carbocycles. The van der Waals surface area contributed by atoms with Crippen LogP contribution in [0.4, 0.5) is 0 Å². The van der Waals surface area contributed by atoms with Gasteiger partial charge in [0.2, 0.25) is 5.91 Å². The molecule has 1 N–H and O–H groups in total. The minimum Gasteiger partial charge on any atom is -0.383 e. The number of nitrogens with one attached hydrogen (secondary N) is 1. The highest BCUT2D eigenvalue weighted by Crippen LogP contribution is 2.20. The van der Waals surface area contributed by atoms with Gasteiger partial charge in [-0.1, -0.05) is 6.42 Å². The van der Waals surface area contributed by atoms with Gasteiger partial charge in [0.15, 0.2) is 0 Å². The first-order valence-electron chi connectivity index (χ1n) is 6.35. The number of rotatable bonds is 3. The lowest BCUT2D eigenvalue weighted by Crippen LogP contribution is -2.50. The summed E-state index contributed by atoms with van der Waals surface area (Å²) in [6.45, 7) is 2.57. The van der Waals surface area contributed by atoms with E-state index in [0.717, 1.165) is 32.4 Å². The van der Waals surface area contributed by atoms with Crippen LogP contribution in [-0.2, 0) is 9.53 Å². The van der Waals surface area contributed by atoms with Crippen molar-refractivity contribution < 1.29 is 9.53 Å². The van der Waals surface area contributed by atoms with Crippen molar-refractivity contribution in [1.82, 2.24) is 10.2 Å². The number of methoxy groups -OCH3 is 1. The molecule has 2 saturated heterocycles. The van der Waals surface area contributed by atoms with Crippen molar-refractivity contribution in [3.8, 4) is 0 Å². The van der Waals surface area contributed by atoms with E-state index in [1.165, 1.54) is 12.8 Å². The van der Waals surface area contributed by atoms with Gasteiger partial charge >= 0.3 is 0 Å². The Balaban J connectivity index is 1.91. The second-order valence-electron chi connectivity index (χ2n) is 4.79. The Kier molecular flexibility index (Phi) is 4.18. The van der Waals surface area contributed by atoms with E-state index in [2.05, 4.69) is 5.32 Å². The molecule has 2 heterocycles. The van der Waals surface area contributed by atoms with Crippen LogP contribution in [0.1, 0.15) is 32.1 Å². The average Bonchev–Trinajstić information content (AvgIpc) is 2.78. The van der Waals surface area contributed by atoms with Crippen LogP contribution >= 0.6 is 0 Å². The molecule has 4 nitrogen and oxygen atoms in total. The summed E-state index contributed by atoms with van der Waals surface area (Å²) in [5.41, 5.74) is 0. The molecule has 0 aliphatic carbocycles. The Morgan fingerprint density at radius 2 is 2.25 bits per heavy atom. The minimum absolute atomic E-state index is 0.0613. The smallest absolute Gasteiger partial charge is 0.240 e. The van der Waals surface area contributed by atoms with E-state index in [1.807, 2.05) is 4.90 Å². The molecule has 2 fully saturated rings. The number of piperidine rings is 1. The van der Waals surface area contributed by atoms with Gasteiger partial charge in [-0.25, -0.2) is 0 Å². The van der Waals surface area contributed by atoms with E-state index >= 15 is 0 Å². The van der Waals surface area contributed by atoms with Crippen LogP contribution in [-0.4, -0.2) is 49.7 Å². The fraction of sp³-hybridized carbons (Fsp3) is 0.917. The fourth-order valence-corrected chi connectivity index (χ4v) is 2.75. The molecule has 0 unspecified atom stereocenters. The Morgan fingerprint density at radius 3 is 2.94 bits per heavy atom. The van der Waals surface area contributed by atoms with Crippen LogP contribution in [0.15, 0.2) is 0 Å². The Morgan fingerprint density at radius 1 is 1.38 bits per heavy atom. The van der Waals surface area contributed by atoms with Gasteiger partial charge in [0, 0.05) is 13.7 Å². The molecule has 0 radical (unpaired) electrons. The zero-order chi connectivity index (χ0) is 11.4. The molecule has 2 atom stereocenters. The Labute approximate surface area is 97.3 Å². The van der Waals surface area contributed by atoms with Crippen LogP contribution in [0.2, 0.25) is 0 Å². The van der Waals surface area contributed by atoms with Crippen LogP contribution < -0.4 is 5.32 Å². The van der Waals surface area contributed by atoms with Crippen LogP contribution in [0.5, 0.6) is 0 Å². The summed E-state index contributed by atoms with van der Waals surface area (Å²) in [5.74, 6) is 0.291. The van der Waals surface area contributed by atoms with Gasteiger partial charge in [-0.15, -0.1) is 0 Å². The topological polar surface area (TPSA) is 41.6 Å². The normalized spacial score (nSPS) is 30.7. The second-order valence-corrected chi connectivity index (χ2v) is 4.79. The van der Waals surface area contributed by atoms with Crippen LogP contribution in [0.3, 0.4) is 0 Å². The highest BCUT2D eigenvalue weighted by Gasteiger charge is 2.33. The zero-order valence-electron chi connectivity index (χ0n) is 10.1. The number of carbonyl (C=O) groups is 1. The third kappa shape index (κ3) is 2.55. The van der Waals surface area contributed by atoms with Crippen molar-refractivity contribution in [2.24, 2.45) is 0 Å². The predicted molar refractivity (Wildman–Crippen MR) is 62.3 cm³/mol. The highest BCUT2D eigenvalue weighted by molar-refractivity contribution is 5.82. The molecule has 0 aromatic carbocycles. The molecule has 1 amide bonds. The molecular formula is C12H22N2O2. The SMILES string of the molecule is COC[C@H]1CCCN1C(=O)[C@H]1CCCCN1. The van der Waals surface area contributed by atoms with Gasteiger partial charge < -0.3 is 15.0 Å². The maximum atomic E-state index is 12.3. The Hall–Kier alpha value is -0.610. The number of amides is 1. The predicted octanol–water partition coefficient (Wildman–Crippen LogP) is 0.766. The first-order chi connectivity index (χ1) is 7.83. The molecule has 2 aliphatic rings. The molecule has 2 rings (SSSR count). The number of carbonyl (C=O) groups excluding carboxylic acids is 1. The molecule has 92 valence electrons. The van der Waals surface area contributed by atoms with E-state index in [9.17, 15) is 4.79 Å². The summed E-state index contributed by atoms with van der Waals surface area (Å²) < 4.78 is 5.18. The number of likely N-dealkylation sites (tertiary alicyclic amines) is 1. The van der Waals surface area contributed by atoms with Gasteiger partial charge in [-0.3, -0.25) is 4.79 Å². The lowest BCUT2D eigenvalue weighted by Gasteiger charge is -2.30. The van der Waals surface area contributed by atoms with Crippen molar-refractivity contribution in [2.75, 3.05) is 26.8 Å². The molecule has 2 aliphatic heterocycles. The lowest BCUT2D eigenvalue weighted by molar-refractivity contribution is -0.135. The summed E-state index contributed by atoms with van der Waals surface area (Å²) in [5, 5.41) is 3.33. The third-order valence-corrected chi connectivity index (χ3v) is 3.63. The van der Waals surface area contributed by atoms with E-state index in [1.54, 1.807) is 7.11 Å². The standard InChI is InChI=1S/C12H22N2O2/c1-16-9-10-5-4-8-14(10)12(15)11-6-2-3-7-13-11/h10-11,13H,2-9H2,1H3/t10-,11-/m1/s1. The summed E-state index contributed by atoms with van der Waals surface area (Å²) in [6, 6.07) is 0.368. The van der Waals surface area contributed by atoms with Gasteiger partial charge in [0.05, 0.1) is 18.7 Å². The van der Waals surface area contributed by atoms with Gasteiger partial charge in [-0.05, 0) is 32.2 Å². The molecule has 0 aromatic heterocycles. The lowest BCUT2D eigenvalue weighted by atomic mass is 10.0. The zero-order valence-corrected chi connectivity index (χ0v) is 10.1. The summed E-state index contributed by atoms with van der Waals surface area (Å²) in [7, 11) is 1.71.